The van der Waals surface area contributed by atoms with Gasteiger partial charge in [-0.05, 0) is 61.1 Å². The summed E-state index contributed by atoms with van der Waals surface area (Å²) in [6.07, 6.45) is 4.87. The van der Waals surface area contributed by atoms with Gasteiger partial charge in [-0.1, -0.05) is 146 Å². The molecule has 0 radical (unpaired) electrons. The minimum absolute atomic E-state index is 0.185. The van der Waals surface area contributed by atoms with E-state index in [2.05, 4.69) is 87.8 Å². The van der Waals surface area contributed by atoms with E-state index in [1.54, 1.807) is 0 Å². The van der Waals surface area contributed by atoms with Gasteiger partial charge < -0.3 is 9.67 Å². The highest BCUT2D eigenvalue weighted by Gasteiger charge is 2.42. The van der Waals surface area contributed by atoms with Crippen LogP contribution < -0.4 is 0 Å². The van der Waals surface area contributed by atoms with Gasteiger partial charge in [-0.25, -0.2) is 14.6 Å². The molecule has 4 heterocycles. The fourth-order valence-electron chi connectivity index (χ4n) is 7.25. The SMILES string of the molecule is CCCCc1nc(Cl)c(CO)n1Cc1ccc2nc(-c3ccccc3-c3nnnn3C(c3ccccc3)(c3ccccc3)c3ccccc3)c(Br)n2c1. The second kappa shape index (κ2) is 14.9. The summed E-state index contributed by atoms with van der Waals surface area (Å²) in [4.78, 5) is 9.70. The van der Waals surface area contributed by atoms with Crippen LogP contribution in [-0.4, -0.2) is 44.2 Å². The molecule has 0 fully saturated rings. The minimum atomic E-state index is -0.902. The molecule has 4 aromatic heterocycles. The van der Waals surface area contributed by atoms with Gasteiger partial charge in [0.05, 0.1) is 18.8 Å². The van der Waals surface area contributed by atoms with Crippen molar-refractivity contribution in [1.82, 2.24) is 39.1 Å². The predicted octanol–water partition coefficient (Wildman–Crippen LogP) is 8.99. The van der Waals surface area contributed by atoms with Gasteiger partial charge in [-0.2, -0.15) is 0 Å². The van der Waals surface area contributed by atoms with Crippen molar-refractivity contribution in [2.75, 3.05) is 0 Å². The second-order valence-electron chi connectivity index (χ2n) is 12.9. The van der Waals surface area contributed by atoms with Gasteiger partial charge in [0.15, 0.2) is 11.0 Å². The van der Waals surface area contributed by atoms with Gasteiger partial charge >= 0.3 is 0 Å². The molecule has 0 saturated carbocycles. The average Bonchev–Trinajstić information content (AvgIpc) is 3.91. The number of unbranched alkanes of at least 4 members (excludes halogenated alkanes) is 1. The van der Waals surface area contributed by atoms with Crippen molar-refractivity contribution in [3.63, 3.8) is 0 Å². The number of benzene rings is 4. The van der Waals surface area contributed by atoms with Crippen LogP contribution in [0.5, 0.6) is 0 Å². The molecular weight excluding hydrogens is 748 g/mol. The van der Waals surface area contributed by atoms with E-state index >= 15 is 0 Å². The molecule has 0 amide bonds. The smallest absolute Gasteiger partial charge is 0.184 e. The maximum absolute atomic E-state index is 10.1. The fraction of sp³-hybridized carbons (Fsp3) is 0.167. The predicted molar refractivity (Wildman–Crippen MR) is 211 cm³/mol. The summed E-state index contributed by atoms with van der Waals surface area (Å²) >= 11 is 10.4. The number of aryl methyl sites for hydroxylation is 1. The van der Waals surface area contributed by atoms with Gasteiger partial charge in [0.2, 0.25) is 0 Å². The molecule has 11 heteroatoms. The van der Waals surface area contributed by atoms with Crippen molar-refractivity contribution >= 4 is 33.2 Å². The third kappa shape index (κ3) is 6.16. The topological polar surface area (TPSA) is 98.9 Å². The Morgan fingerprint density at radius 3 is 1.96 bits per heavy atom. The molecule has 8 aromatic rings. The van der Waals surface area contributed by atoms with E-state index in [9.17, 15) is 5.11 Å². The zero-order valence-corrected chi connectivity index (χ0v) is 31.4. The Balaban J connectivity index is 1.27. The van der Waals surface area contributed by atoms with Crippen LogP contribution in [0.25, 0.3) is 28.3 Å². The van der Waals surface area contributed by atoms with E-state index < -0.39 is 5.54 Å². The van der Waals surface area contributed by atoms with E-state index in [1.807, 2.05) is 92.5 Å². The van der Waals surface area contributed by atoms with E-state index in [0.717, 1.165) is 74.4 Å². The van der Waals surface area contributed by atoms with Gasteiger partial charge in [0.1, 0.15) is 27.3 Å². The molecule has 8 rings (SSSR count). The zero-order valence-electron chi connectivity index (χ0n) is 29.0. The lowest BCUT2D eigenvalue weighted by atomic mass is 9.77. The summed E-state index contributed by atoms with van der Waals surface area (Å²) in [5.41, 5.74) is 7.01. The second-order valence-corrected chi connectivity index (χ2v) is 14.0. The molecule has 9 nitrogen and oxygen atoms in total. The third-order valence-electron chi connectivity index (χ3n) is 9.75. The normalized spacial score (nSPS) is 11.8. The first-order valence-electron chi connectivity index (χ1n) is 17.6. The highest BCUT2D eigenvalue weighted by Crippen LogP contribution is 2.44. The maximum Gasteiger partial charge on any atom is 0.184 e. The summed E-state index contributed by atoms with van der Waals surface area (Å²) < 4.78 is 6.80. The lowest BCUT2D eigenvalue weighted by Gasteiger charge is -2.36. The number of rotatable bonds is 12. The van der Waals surface area contributed by atoms with Crippen molar-refractivity contribution in [3.8, 4) is 22.6 Å². The molecular formula is C42H36BrClN8O. The molecule has 0 aliphatic rings. The summed E-state index contributed by atoms with van der Waals surface area (Å²) in [5, 5.41) is 24.3. The number of nitrogens with zero attached hydrogens (tertiary/aromatic N) is 8. The molecule has 0 spiro atoms. The third-order valence-corrected chi connectivity index (χ3v) is 10.8. The van der Waals surface area contributed by atoms with E-state index in [-0.39, 0.29) is 6.61 Å². The van der Waals surface area contributed by atoms with E-state index in [4.69, 9.17) is 26.9 Å². The number of pyridine rings is 1. The Labute approximate surface area is 320 Å². The first-order valence-corrected chi connectivity index (χ1v) is 18.8. The Kier molecular flexibility index (Phi) is 9.74. The zero-order chi connectivity index (χ0) is 36.4. The molecule has 0 aliphatic heterocycles. The number of fused-ring (bicyclic) bond motifs is 1. The summed E-state index contributed by atoms with van der Waals surface area (Å²) in [6.45, 7) is 2.47. The Hall–Kier alpha value is -5.42. The number of aliphatic hydroxyl groups excluding tert-OH is 1. The molecule has 0 bridgehead atoms. The van der Waals surface area contributed by atoms with Crippen LogP contribution in [0, 0.1) is 0 Å². The minimum Gasteiger partial charge on any atom is -0.390 e. The standard InChI is InChI=1S/C42H36BrClN8O/c1-2-3-23-36-46-40(44)35(28-53)50(36)26-29-24-25-37-45-38(39(43)51(37)27-29)33-21-13-14-22-34(33)41-47-48-49-52(41)42(30-15-7-4-8-16-30,31-17-9-5-10-18-31)32-19-11-6-12-20-32/h4-22,24-25,27,53H,2-3,23,26,28H2,1H3. The monoisotopic (exact) mass is 782 g/mol. The van der Waals surface area contributed by atoms with Crippen LogP contribution in [0.1, 0.15) is 53.5 Å². The maximum atomic E-state index is 10.1. The van der Waals surface area contributed by atoms with E-state index in [0.29, 0.717) is 23.2 Å². The van der Waals surface area contributed by atoms with Gasteiger partial charge in [-0.15, -0.1) is 5.10 Å². The van der Waals surface area contributed by atoms with Crippen LogP contribution in [0.3, 0.4) is 0 Å². The van der Waals surface area contributed by atoms with Gasteiger partial charge in [0.25, 0.3) is 0 Å². The molecule has 1 N–H and O–H groups in total. The van der Waals surface area contributed by atoms with Crippen LogP contribution >= 0.6 is 27.5 Å². The van der Waals surface area contributed by atoms with Crippen molar-refractivity contribution < 1.29 is 5.11 Å². The fourth-order valence-corrected chi connectivity index (χ4v) is 8.09. The van der Waals surface area contributed by atoms with Crippen molar-refractivity contribution in [2.45, 2.75) is 44.9 Å². The number of halogens is 2. The highest BCUT2D eigenvalue weighted by molar-refractivity contribution is 9.10. The van der Waals surface area contributed by atoms with Crippen molar-refractivity contribution in [1.29, 1.82) is 0 Å². The lowest BCUT2D eigenvalue weighted by Crippen LogP contribution is -2.39. The van der Waals surface area contributed by atoms with Crippen LogP contribution in [0.4, 0.5) is 0 Å². The summed E-state index contributed by atoms with van der Waals surface area (Å²) in [6, 6.07) is 43.3. The number of tetrazole rings is 1. The molecule has 0 aliphatic carbocycles. The molecule has 53 heavy (non-hydrogen) atoms. The first kappa shape index (κ1) is 34.7. The Morgan fingerprint density at radius 2 is 1.36 bits per heavy atom. The number of hydrogen-bond acceptors (Lipinski definition) is 6. The van der Waals surface area contributed by atoms with Crippen molar-refractivity contribution in [2.24, 2.45) is 0 Å². The molecule has 0 atom stereocenters. The number of aliphatic hydroxyl groups is 1. The number of aromatic nitrogens is 8. The highest BCUT2D eigenvalue weighted by atomic mass is 79.9. The van der Waals surface area contributed by atoms with Crippen LogP contribution in [0.15, 0.2) is 138 Å². The van der Waals surface area contributed by atoms with Crippen LogP contribution in [0.2, 0.25) is 5.15 Å². The molecule has 0 saturated heterocycles. The van der Waals surface area contributed by atoms with Crippen LogP contribution in [-0.2, 0) is 25.1 Å². The first-order chi connectivity index (χ1) is 26.0. The quantitative estimate of drug-likeness (QED) is 0.124. The van der Waals surface area contributed by atoms with Crippen molar-refractivity contribution in [3.05, 3.63) is 177 Å². The summed E-state index contributed by atoms with van der Waals surface area (Å²) in [7, 11) is 0. The Bertz CT molecular complexity index is 2400. The molecule has 264 valence electrons. The number of hydrogen-bond donors (Lipinski definition) is 1. The van der Waals surface area contributed by atoms with Gasteiger partial charge in [-0.3, -0.25) is 4.40 Å². The average molecular weight is 784 g/mol. The molecule has 4 aromatic carbocycles. The van der Waals surface area contributed by atoms with Gasteiger partial charge in [0, 0.05) is 23.7 Å². The molecule has 0 unspecified atom stereocenters. The largest absolute Gasteiger partial charge is 0.390 e. The summed E-state index contributed by atoms with van der Waals surface area (Å²) in [5.74, 6) is 1.46. The lowest BCUT2D eigenvalue weighted by molar-refractivity contribution is 0.271. The Morgan fingerprint density at radius 1 is 0.755 bits per heavy atom. The number of imidazole rings is 2. The van der Waals surface area contributed by atoms with E-state index in [1.165, 1.54) is 0 Å².